The molecule has 0 aromatic heterocycles. The minimum atomic E-state index is -3.23. The highest BCUT2D eigenvalue weighted by Gasteiger charge is 2.35. The molecule has 1 aromatic rings. The number of amides is 2. The normalized spacial score (nSPS) is 16.4. The first-order chi connectivity index (χ1) is 11.8. The van der Waals surface area contributed by atoms with E-state index in [0.29, 0.717) is 6.54 Å². The number of benzene rings is 1. The van der Waals surface area contributed by atoms with Crippen molar-refractivity contribution in [2.24, 2.45) is 0 Å². The molecule has 0 saturated heterocycles. The van der Waals surface area contributed by atoms with E-state index in [1.54, 1.807) is 7.11 Å². The summed E-state index contributed by atoms with van der Waals surface area (Å²) in [6.45, 7) is 0.981. The number of rotatable bonds is 8. The molecule has 0 heterocycles. The van der Waals surface area contributed by atoms with Gasteiger partial charge in [0.25, 0.3) is 0 Å². The largest absolute Gasteiger partial charge is 0.497 e. The van der Waals surface area contributed by atoms with E-state index >= 15 is 0 Å². The number of hydrogen-bond acceptors (Lipinski definition) is 4. The summed E-state index contributed by atoms with van der Waals surface area (Å²) >= 11 is 0. The van der Waals surface area contributed by atoms with Crippen LogP contribution < -0.4 is 20.1 Å². The van der Waals surface area contributed by atoms with Crippen molar-refractivity contribution in [3.8, 4) is 5.75 Å². The molecule has 1 aliphatic carbocycles. The van der Waals surface area contributed by atoms with Gasteiger partial charge in [0.2, 0.25) is 10.0 Å². The highest BCUT2D eigenvalue weighted by Crippen LogP contribution is 2.41. The smallest absolute Gasteiger partial charge is 0.314 e. The molecule has 0 radical (unpaired) electrons. The van der Waals surface area contributed by atoms with Crippen LogP contribution >= 0.6 is 0 Å². The van der Waals surface area contributed by atoms with Crippen LogP contribution in [0.5, 0.6) is 5.75 Å². The zero-order chi connectivity index (χ0) is 18.3. The maximum atomic E-state index is 12.0. The van der Waals surface area contributed by atoms with Gasteiger partial charge < -0.3 is 15.4 Å². The van der Waals surface area contributed by atoms with Gasteiger partial charge >= 0.3 is 6.03 Å². The van der Waals surface area contributed by atoms with Crippen LogP contribution in [0.2, 0.25) is 0 Å². The van der Waals surface area contributed by atoms with Gasteiger partial charge in [0.1, 0.15) is 5.75 Å². The summed E-state index contributed by atoms with van der Waals surface area (Å²) in [5, 5.41) is 5.60. The van der Waals surface area contributed by atoms with E-state index < -0.39 is 10.0 Å². The van der Waals surface area contributed by atoms with Crippen molar-refractivity contribution in [1.29, 1.82) is 0 Å². The van der Waals surface area contributed by atoms with Gasteiger partial charge in [-0.3, -0.25) is 0 Å². The quantitative estimate of drug-likeness (QED) is 0.603. The van der Waals surface area contributed by atoms with E-state index in [4.69, 9.17) is 4.74 Å². The van der Waals surface area contributed by atoms with Gasteiger partial charge in [0, 0.05) is 25.0 Å². The summed E-state index contributed by atoms with van der Waals surface area (Å²) in [5.41, 5.74) is 1.17. The number of carbonyl (C=O) groups excluding carboxylic acids is 1. The van der Waals surface area contributed by atoms with Crippen LogP contribution in [0.25, 0.3) is 0 Å². The number of hydrogen-bond donors (Lipinski definition) is 3. The Morgan fingerprint density at radius 2 is 1.76 bits per heavy atom. The minimum Gasteiger partial charge on any atom is -0.497 e. The Morgan fingerprint density at radius 1 is 1.12 bits per heavy atom. The van der Waals surface area contributed by atoms with E-state index in [-0.39, 0.29) is 24.5 Å². The second-order valence-corrected chi connectivity index (χ2v) is 8.32. The van der Waals surface area contributed by atoms with Gasteiger partial charge in [0.05, 0.1) is 13.4 Å². The third-order valence-electron chi connectivity index (χ3n) is 4.63. The van der Waals surface area contributed by atoms with E-state index in [1.165, 1.54) is 5.56 Å². The fraction of sp³-hybridized carbons (Fsp3) is 0.588. The SMILES string of the molecule is COc1ccc(C2(CNC(=O)NCCNS(C)(=O)=O)CCCC2)cc1. The third kappa shape index (κ3) is 5.89. The minimum absolute atomic E-state index is 0.0470. The van der Waals surface area contributed by atoms with Gasteiger partial charge in [-0.25, -0.2) is 17.9 Å². The van der Waals surface area contributed by atoms with Gasteiger partial charge in [-0.2, -0.15) is 0 Å². The molecule has 2 amide bonds. The van der Waals surface area contributed by atoms with Crippen molar-refractivity contribution < 1.29 is 17.9 Å². The van der Waals surface area contributed by atoms with E-state index in [2.05, 4.69) is 27.5 Å². The molecule has 8 heteroatoms. The molecular formula is C17H27N3O4S. The van der Waals surface area contributed by atoms with E-state index in [0.717, 1.165) is 37.7 Å². The summed E-state index contributed by atoms with van der Waals surface area (Å²) in [7, 11) is -1.59. The Balaban J connectivity index is 1.87. The Kier molecular flexibility index (Phi) is 6.66. The zero-order valence-electron chi connectivity index (χ0n) is 14.8. The van der Waals surface area contributed by atoms with E-state index in [1.807, 2.05) is 12.1 Å². The van der Waals surface area contributed by atoms with Crippen molar-refractivity contribution >= 4 is 16.1 Å². The monoisotopic (exact) mass is 369 g/mol. The third-order valence-corrected chi connectivity index (χ3v) is 5.35. The summed E-state index contributed by atoms with van der Waals surface area (Å²) in [6, 6.07) is 7.76. The fourth-order valence-electron chi connectivity index (χ4n) is 3.29. The Labute approximate surface area is 149 Å². The number of carbonyl (C=O) groups is 1. The number of ether oxygens (including phenoxy) is 1. The van der Waals surface area contributed by atoms with Crippen LogP contribution in [0.15, 0.2) is 24.3 Å². The van der Waals surface area contributed by atoms with Crippen molar-refractivity contribution in [1.82, 2.24) is 15.4 Å². The molecule has 140 valence electrons. The van der Waals surface area contributed by atoms with Crippen molar-refractivity contribution in [3.05, 3.63) is 29.8 Å². The molecule has 25 heavy (non-hydrogen) atoms. The highest BCUT2D eigenvalue weighted by atomic mass is 32.2. The lowest BCUT2D eigenvalue weighted by Gasteiger charge is -2.30. The molecule has 1 fully saturated rings. The summed E-state index contributed by atoms with van der Waals surface area (Å²) in [6.07, 6.45) is 5.46. The molecule has 0 unspecified atom stereocenters. The standard InChI is InChI=1S/C17H27N3O4S/c1-24-15-7-5-14(6-8-15)17(9-3-4-10-17)13-19-16(21)18-11-12-20-25(2,22)23/h5-8,20H,3-4,9-13H2,1-2H3,(H2,18,19,21). The van der Waals surface area contributed by atoms with Crippen LogP contribution in [0, 0.1) is 0 Å². The van der Waals surface area contributed by atoms with Gasteiger partial charge in [-0.15, -0.1) is 0 Å². The molecule has 0 bridgehead atoms. The first-order valence-corrected chi connectivity index (χ1v) is 10.3. The second-order valence-electron chi connectivity index (χ2n) is 6.49. The van der Waals surface area contributed by atoms with E-state index in [9.17, 15) is 13.2 Å². The predicted octanol–water partition coefficient (Wildman–Crippen LogP) is 1.36. The summed E-state index contributed by atoms with van der Waals surface area (Å²) in [5.74, 6) is 0.820. The average molecular weight is 369 g/mol. The maximum Gasteiger partial charge on any atom is 0.314 e. The average Bonchev–Trinajstić information content (AvgIpc) is 3.06. The van der Waals surface area contributed by atoms with Crippen LogP contribution in [-0.2, 0) is 15.4 Å². The maximum absolute atomic E-state index is 12.0. The molecule has 0 spiro atoms. The number of nitrogens with one attached hydrogen (secondary N) is 3. The lowest BCUT2D eigenvalue weighted by atomic mass is 9.79. The number of urea groups is 1. The Hall–Kier alpha value is -1.80. The molecule has 0 aliphatic heterocycles. The molecule has 1 aliphatic rings. The summed E-state index contributed by atoms with van der Waals surface area (Å²) in [4.78, 5) is 12.0. The highest BCUT2D eigenvalue weighted by molar-refractivity contribution is 7.88. The van der Waals surface area contributed by atoms with Gasteiger partial charge in [0.15, 0.2) is 0 Å². The fourth-order valence-corrected chi connectivity index (χ4v) is 3.76. The van der Waals surface area contributed by atoms with Gasteiger partial charge in [-0.05, 0) is 30.5 Å². The lowest BCUT2D eigenvalue weighted by molar-refractivity contribution is 0.237. The topological polar surface area (TPSA) is 96.5 Å². The molecule has 2 rings (SSSR count). The molecule has 1 aromatic carbocycles. The predicted molar refractivity (Wildman–Crippen MR) is 97.4 cm³/mol. The Bertz CT molecular complexity index is 668. The lowest BCUT2D eigenvalue weighted by Crippen LogP contribution is -2.45. The summed E-state index contributed by atoms with van der Waals surface area (Å²) < 4.78 is 29.5. The molecule has 0 atom stereocenters. The first-order valence-electron chi connectivity index (χ1n) is 8.45. The Morgan fingerprint density at radius 3 is 2.32 bits per heavy atom. The van der Waals surface area contributed by atoms with Crippen LogP contribution in [0.4, 0.5) is 4.79 Å². The van der Waals surface area contributed by atoms with Crippen molar-refractivity contribution in [2.45, 2.75) is 31.1 Å². The van der Waals surface area contributed by atoms with Gasteiger partial charge in [-0.1, -0.05) is 25.0 Å². The molecule has 3 N–H and O–H groups in total. The molecule has 7 nitrogen and oxygen atoms in total. The molecule has 1 saturated carbocycles. The number of sulfonamides is 1. The van der Waals surface area contributed by atoms with Crippen molar-refractivity contribution in [3.63, 3.8) is 0 Å². The number of methoxy groups -OCH3 is 1. The van der Waals surface area contributed by atoms with Crippen molar-refractivity contribution in [2.75, 3.05) is 33.0 Å². The first kappa shape index (κ1) is 19.5. The van der Waals surface area contributed by atoms with Crippen LogP contribution in [0.3, 0.4) is 0 Å². The zero-order valence-corrected chi connectivity index (χ0v) is 15.6. The molecular weight excluding hydrogens is 342 g/mol. The van der Waals surface area contributed by atoms with Crippen LogP contribution in [-0.4, -0.2) is 47.4 Å². The van der Waals surface area contributed by atoms with Crippen LogP contribution in [0.1, 0.15) is 31.2 Å². The second kappa shape index (κ2) is 8.53.